The van der Waals surface area contributed by atoms with Crippen molar-refractivity contribution in [3.05, 3.63) is 60.2 Å². The minimum atomic E-state index is -0.547. The molecule has 1 aliphatic heterocycles. The Hall–Kier alpha value is -2.08. The van der Waals surface area contributed by atoms with Crippen LogP contribution in [0.3, 0.4) is 0 Å². The quantitative estimate of drug-likeness (QED) is 0.812. The maximum atomic E-state index is 13.1. The first-order chi connectivity index (χ1) is 12.2. The van der Waals surface area contributed by atoms with Gasteiger partial charge in [0.1, 0.15) is 12.4 Å². The molecule has 1 heterocycles. The number of ether oxygens (including phenoxy) is 2. The number of benzene rings is 2. The van der Waals surface area contributed by atoms with Crippen molar-refractivity contribution in [1.29, 1.82) is 0 Å². The summed E-state index contributed by atoms with van der Waals surface area (Å²) < 4.78 is 11.0. The molecule has 140 valence electrons. The molecular weight excluding hydrogens is 352 g/mol. The Morgan fingerprint density at radius 2 is 1.73 bits per heavy atom. The highest BCUT2D eigenvalue weighted by Crippen LogP contribution is 2.36. The zero-order valence-corrected chi connectivity index (χ0v) is 15.5. The molecule has 1 fully saturated rings. The van der Waals surface area contributed by atoms with Crippen LogP contribution in [-0.4, -0.2) is 32.3 Å². The second-order valence-corrected chi connectivity index (χ2v) is 6.18. The molecule has 0 unspecified atom stereocenters. The molecule has 26 heavy (non-hydrogen) atoms. The van der Waals surface area contributed by atoms with E-state index < -0.39 is 5.41 Å². The lowest BCUT2D eigenvalue weighted by Crippen LogP contribution is -2.44. The van der Waals surface area contributed by atoms with Gasteiger partial charge in [0, 0.05) is 25.4 Å². The van der Waals surface area contributed by atoms with Gasteiger partial charge in [-0.2, -0.15) is 0 Å². The Labute approximate surface area is 160 Å². The molecule has 3 rings (SSSR count). The summed E-state index contributed by atoms with van der Waals surface area (Å²) in [5.74, 6) is 0.755. The molecule has 0 atom stereocenters. The van der Waals surface area contributed by atoms with Crippen molar-refractivity contribution in [1.82, 2.24) is 0 Å². The lowest BCUT2D eigenvalue weighted by molar-refractivity contribution is -0.125. The zero-order valence-electron chi connectivity index (χ0n) is 14.6. The summed E-state index contributed by atoms with van der Waals surface area (Å²) >= 11 is 0. The molecule has 5 nitrogen and oxygen atoms in total. The van der Waals surface area contributed by atoms with Crippen molar-refractivity contribution >= 4 is 24.0 Å². The number of hydrogen-bond donors (Lipinski definition) is 2. The van der Waals surface area contributed by atoms with E-state index in [1.807, 2.05) is 54.6 Å². The molecule has 6 heteroatoms. The Balaban J connectivity index is 0.00000243. The fourth-order valence-corrected chi connectivity index (χ4v) is 3.19. The molecule has 1 saturated heterocycles. The molecule has 2 aromatic carbocycles. The first kappa shape index (κ1) is 20.2. The largest absolute Gasteiger partial charge is 0.492 e. The predicted molar refractivity (Wildman–Crippen MR) is 105 cm³/mol. The molecule has 0 radical (unpaired) electrons. The van der Waals surface area contributed by atoms with Gasteiger partial charge >= 0.3 is 0 Å². The van der Waals surface area contributed by atoms with Crippen molar-refractivity contribution in [3.8, 4) is 5.75 Å². The number of carbonyl (C=O) groups is 1. The molecule has 0 aromatic heterocycles. The van der Waals surface area contributed by atoms with Crippen molar-refractivity contribution in [2.24, 2.45) is 5.73 Å². The van der Waals surface area contributed by atoms with E-state index >= 15 is 0 Å². The summed E-state index contributed by atoms with van der Waals surface area (Å²) in [6, 6.07) is 17.3. The second-order valence-electron chi connectivity index (χ2n) is 6.18. The summed E-state index contributed by atoms with van der Waals surface area (Å²) in [4.78, 5) is 13.1. The van der Waals surface area contributed by atoms with Crippen molar-refractivity contribution in [2.45, 2.75) is 18.3 Å². The number of amides is 1. The van der Waals surface area contributed by atoms with E-state index in [9.17, 15) is 4.79 Å². The summed E-state index contributed by atoms with van der Waals surface area (Å²) in [5.41, 5.74) is 6.68. The first-order valence-electron chi connectivity index (χ1n) is 8.62. The lowest BCUT2D eigenvalue weighted by atomic mass is 9.73. The molecule has 1 amide bonds. The number of carbonyl (C=O) groups excluding carboxylic acids is 1. The Morgan fingerprint density at radius 3 is 2.35 bits per heavy atom. The molecule has 0 spiro atoms. The number of rotatable bonds is 6. The summed E-state index contributed by atoms with van der Waals surface area (Å²) in [7, 11) is 0. The third-order valence-corrected chi connectivity index (χ3v) is 4.61. The summed E-state index contributed by atoms with van der Waals surface area (Å²) in [5, 5.41) is 3.06. The molecule has 0 saturated carbocycles. The number of nitrogens with one attached hydrogen (secondary N) is 1. The van der Waals surface area contributed by atoms with Gasteiger partial charge in [-0.05, 0) is 42.7 Å². The highest BCUT2D eigenvalue weighted by Gasteiger charge is 2.41. The van der Waals surface area contributed by atoms with Gasteiger partial charge < -0.3 is 20.5 Å². The highest BCUT2D eigenvalue weighted by molar-refractivity contribution is 5.99. The lowest BCUT2D eigenvalue weighted by Gasteiger charge is -2.36. The van der Waals surface area contributed by atoms with E-state index in [4.69, 9.17) is 15.2 Å². The molecule has 0 aliphatic carbocycles. The van der Waals surface area contributed by atoms with Crippen molar-refractivity contribution in [2.75, 3.05) is 31.7 Å². The highest BCUT2D eigenvalue weighted by atomic mass is 35.5. The van der Waals surface area contributed by atoms with Gasteiger partial charge in [-0.1, -0.05) is 30.3 Å². The average molecular weight is 377 g/mol. The monoisotopic (exact) mass is 376 g/mol. The van der Waals surface area contributed by atoms with Gasteiger partial charge in [0.2, 0.25) is 5.91 Å². The smallest absolute Gasteiger partial charge is 0.235 e. The third kappa shape index (κ3) is 4.55. The average Bonchev–Trinajstić information content (AvgIpc) is 2.68. The van der Waals surface area contributed by atoms with Crippen LogP contribution in [0, 0.1) is 0 Å². The van der Waals surface area contributed by atoms with Crippen LogP contribution in [0.5, 0.6) is 5.75 Å². The molecule has 3 N–H and O–H groups in total. The van der Waals surface area contributed by atoms with Crippen LogP contribution in [0.25, 0.3) is 0 Å². The van der Waals surface area contributed by atoms with Crippen LogP contribution >= 0.6 is 12.4 Å². The number of hydrogen-bond acceptors (Lipinski definition) is 4. The predicted octanol–water partition coefficient (Wildman–Crippen LogP) is 3.13. The van der Waals surface area contributed by atoms with E-state index in [0.717, 1.165) is 17.0 Å². The van der Waals surface area contributed by atoms with E-state index in [0.29, 0.717) is 39.2 Å². The van der Waals surface area contributed by atoms with Crippen LogP contribution in [0.1, 0.15) is 18.4 Å². The fraction of sp³-hybridized carbons (Fsp3) is 0.350. The number of anilines is 1. The summed E-state index contributed by atoms with van der Waals surface area (Å²) in [6.45, 7) is 2.13. The zero-order chi connectivity index (χ0) is 17.5. The van der Waals surface area contributed by atoms with Crippen LogP contribution in [0.2, 0.25) is 0 Å². The van der Waals surface area contributed by atoms with Crippen LogP contribution in [0.4, 0.5) is 5.69 Å². The van der Waals surface area contributed by atoms with Gasteiger partial charge in [0.05, 0.1) is 5.41 Å². The number of halogens is 1. The van der Waals surface area contributed by atoms with Crippen molar-refractivity contribution < 1.29 is 14.3 Å². The standard InChI is InChI=1S/C20H24N2O3.ClH/c21-12-15-25-18-8-6-17(7-9-18)22-19(23)20(10-13-24-14-11-20)16-4-2-1-3-5-16;/h1-9H,10-15,21H2,(H,22,23);1H. The minimum Gasteiger partial charge on any atom is -0.492 e. The normalized spacial score (nSPS) is 15.6. The minimum absolute atomic E-state index is 0. The second kappa shape index (κ2) is 9.57. The van der Waals surface area contributed by atoms with Crippen LogP contribution in [0.15, 0.2) is 54.6 Å². The Bertz CT molecular complexity index is 686. The Morgan fingerprint density at radius 1 is 1.08 bits per heavy atom. The third-order valence-electron chi connectivity index (χ3n) is 4.61. The number of nitrogens with two attached hydrogens (primary N) is 1. The maximum Gasteiger partial charge on any atom is 0.235 e. The fourth-order valence-electron chi connectivity index (χ4n) is 3.19. The maximum absolute atomic E-state index is 13.1. The van der Waals surface area contributed by atoms with E-state index in [1.165, 1.54) is 0 Å². The van der Waals surface area contributed by atoms with Gasteiger partial charge in [-0.3, -0.25) is 4.79 Å². The topological polar surface area (TPSA) is 73.6 Å². The van der Waals surface area contributed by atoms with Gasteiger partial charge in [0.25, 0.3) is 0 Å². The molecule has 0 bridgehead atoms. The first-order valence-corrected chi connectivity index (χ1v) is 8.62. The van der Waals surface area contributed by atoms with Crippen LogP contribution < -0.4 is 15.8 Å². The Kier molecular flexibility index (Phi) is 7.45. The van der Waals surface area contributed by atoms with E-state index in [1.54, 1.807) is 0 Å². The van der Waals surface area contributed by atoms with Crippen molar-refractivity contribution in [3.63, 3.8) is 0 Å². The van der Waals surface area contributed by atoms with Crippen LogP contribution in [-0.2, 0) is 14.9 Å². The molecule has 1 aliphatic rings. The van der Waals surface area contributed by atoms with Gasteiger partial charge in [-0.25, -0.2) is 0 Å². The van der Waals surface area contributed by atoms with E-state index in [-0.39, 0.29) is 18.3 Å². The summed E-state index contributed by atoms with van der Waals surface area (Å²) in [6.07, 6.45) is 1.36. The van der Waals surface area contributed by atoms with Gasteiger partial charge in [-0.15, -0.1) is 12.4 Å². The van der Waals surface area contributed by atoms with E-state index in [2.05, 4.69) is 5.32 Å². The molecule has 2 aromatic rings. The SMILES string of the molecule is Cl.NCCOc1ccc(NC(=O)C2(c3ccccc3)CCOCC2)cc1. The molecular formula is C20H25ClN2O3. The van der Waals surface area contributed by atoms with Gasteiger partial charge in [0.15, 0.2) is 0 Å².